The molecule has 0 spiro atoms. The number of carbonyl (C=O) groups is 2. The molecular formula is C54H104NO8P. The number of phosphoric acid groups is 1. The summed E-state index contributed by atoms with van der Waals surface area (Å²) in [7, 11) is 1.17. The highest BCUT2D eigenvalue weighted by atomic mass is 31.2. The van der Waals surface area contributed by atoms with E-state index in [1.165, 1.54) is 186 Å². The van der Waals surface area contributed by atoms with Crippen LogP contribution in [-0.4, -0.2) is 70.0 Å². The van der Waals surface area contributed by atoms with Gasteiger partial charge in [-0.25, -0.2) is 0 Å². The molecule has 0 aromatic heterocycles. The van der Waals surface area contributed by atoms with E-state index in [0.29, 0.717) is 17.4 Å². The first-order valence-corrected chi connectivity index (χ1v) is 28.5. The molecule has 0 amide bonds. The SMILES string of the molecule is CCCCCCCC/C=C\CCCCCCCCCCCCCC(=O)OC[C@H](COP(=O)([O-])OCC[N+](C)(C)C)OC(=O)CCCCCCCCCCC/C=C\CCCCCCCC. The normalized spacial score (nSPS) is 13.5. The molecule has 378 valence electrons. The topological polar surface area (TPSA) is 111 Å². The molecule has 64 heavy (non-hydrogen) atoms. The van der Waals surface area contributed by atoms with Crippen LogP contribution in [0.4, 0.5) is 0 Å². The second kappa shape index (κ2) is 46.6. The fourth-order valence-corrected chi connectivity index (χ4v) is 8.43. The number of carbonyl (C=O) groups excluding carboxylic acids is 2. The van der Waals surface area contributed by atoms with Crippen LogP contribution >= 0.6 is 7.82 Å². The first kappa shape index (κ1) is 62.5. The van der Waals surface area contributed by atoms with Gasteiger partial charge in [0.2, 0.25) is 0 Å². The number of hydrogen-bond donors (Lipinski definition) is 0. The second-order valence-electron chi connectivity index (χ2n) is 19.6. The third-order valence-electron chi connectivity index (χ3n) is 11.9. The van der Waals surface area contributed by atoms with Crippen molar-refractivity contribution in [3.8, 4) is 0 Å². The zero-order chi connectivity index (χ0) is 47.1. The lowest BCUT2D eigenvalue weighted by atomic mass is 10.0. The summed E-state index contributed by atoms with van der Waals surface area (Å²) in [6.07, 6.45) is 53.5. The molecule has 9 nitrogen and oxygen atoms in total. The van der Waals surface area contributed by atoms with Gasteiger partial charge in [0.05, 0.1) is 27.7 Å². The Morgan fingerprint density at radius 3 is 1.16 bits per heavy atom. The van der Waals surface area contributed by atoms with E-state index in [1.54, 1.807) is 0 Å². The molecule has 0 aliphatic carbocycles. The van der Waals surface area contributed by atoms with Crippen LogP contribution in [0.25, 0.3) is 0 Å². The van der Waals surface area contributed by atoms with Crippen LogP contribution in [0.3, 0.4) is 0 Å². The molecule has 0 radical (unpaired) electrons. The van der Waals surface area contributed by atoms with Crippen molar-refractivity contribution in [3.05, 3.63) is 24.3 Å². The summed E-state index contributed by atoms with van der Waals surface area (Å²) >= 11 is 0. The summed E-state index contributed by atoms with van der Waals surface area (Å²) in [5.74, 6) is -0.825. The molecule has 0 aromatic rings. The van der Waals surface area contributed by atoms with E-state index in [9.17, 15) is 19.0 Å². The van der Waals surface area contributed by atoms with E-state index in [0.717, 1.165) is 38.5 Å². The number of quaternary nitrogens is 1. The second-order valence-corrected chi connectivity index (χ2v) is 21.0. The Labute approximate surface area is 396 Å². The first-order chi connectivity index (χ1) is 31.0. The van der Waals surface area contributed by atoms with Gasteiger partial charge in [-0.1, -0.05) is 205 Å². The van der Waals surface area contributed by atoms with Gasteiger partial charge in [0.25, 0.3) is 7.82 Å². The van der Waals surface area contributed by atoms with E-state index in [2.05, 4.69) is 38.2 Å². The van der Waals surface area contributed by atoms with Crippen molar-refractivity contribution in [1.29, 1.82) is 0 Å². The number of unbranched alkanes of at least 4 members (excludes halogenated alkanes) is 32. The van der Waals surface area contributed by atoms with E-state index >= 15 is 0 Å². The monoisotopic (exact) mass is 926 g/mol. The predicted octanol–water partition coefficient (Wildman–Crippen LogP) is 15.6. The number of nitrogens with zero attached hydrogens (tertiary/aromatic N) is 1. The molecule has 0 N–H and O–H groups in total. The van der Waals surface area contributed by atoms with Crippen molar-refractivity contribution in [2.75, 3.05) is 47.5 Å². The number of phosphoric ester groups is 1. The van der Waals surface area contributed by atoms with Gasteiger partial charge >= 0.3 is 11.9 Å². The number of hydrogen-bond acceptors (Lipinski definition) is 8. The van der Waals surface area contributed by atoms with Crippen molar-refractivity contribution >= 4 is 19.8 Å². The molecule has 0 rings (SSSR count). The largest absolute Gasteiger partial charge is 0.756 e. The molecule has 0 saturated heterocycles. The zero-order valence-electron chi connectivity index (χ0n) is 42.7. The summed E-state index contributed by atoms with van der Waals surface area (Å²) in [4.78, 5) is 37.8. The molecule has 0 bridgehead atoms. The van der Waals surface area contributed by atoms with E-state index in [1.807, 2.05) is 21.1 Å². The van der Waals surface area contributed by atoms with Crippen LogP contribution in [0, 0.1) is 0 Å². The van der Waals surface area contributed by atoms with Gasteiger partial charge in [0.1, 0.15) is 19.8 Å². The van der Waals surface area contributed by atoms with Crippen LogP contribution in [0.15, 0.2) is 24.3 Å². The number of allylic oxidation sites excluding steroid dienone is 4. The zero-order valence-corrected chi connectivity index (χ0v) is 43.6. The number of esters is 2. The molecule has 0 aliphatic rings. The Bertz CT molecular complexity index is 1140. The van der Waals surface area contributed by atoms with Crippen molar-refractivity contribution in [2.24, 2.45) is 0 Å². The maximum Gasteiger partial charge on any atom is 0.306 e. The molecular weight excluding hydrogens is 822 g/mol. The summed E-state index contributed by atoms with van der Waals surface area (Å²) in [5.41, 5.74) is 0. The molecule has 0 aromatic carbocycles. The lowest BCUT2D eigenvalue weighted by Crippen LogP contribution is -2.37. The average molecular weight is 926 g/mol. The van der Waals surface area contributed by atoms with Crippen LogP contribution in [0.1, 0.15) is 258 Å². The van der Waals surface area contributed by atoms with Crippen molar-refractivity contribution in [3.63, 3.8) is 0 Å². The van der Waals surface area contributed by atoms with Crippen molar-refractivity contribution < 1.29 is 42.1 Å². The molecule has 1 unspecified atom stereocenters. The number of rotatable bonds is 50. The maximum absolute atomic E-state index is 12.8. The average Bonchev–Trinajstić information content (AvgIpc) is 3.25. The Hall–Kier alpha value is -1.51. The highest BCUT2D eigenvalue weighted by molar-refractivity contribution is 7.45. The molecule has 0 saturated carbocycles. The van der Waals surface area contributed by atoms with Gasteiger partial charge < -0.3 is 27.9 Å². The summed E-state index contributed by atoms with van der Waals surface area (Å²) in [5, 5.41) is 0. The van der Waals surface area contributed by atoms with Gasteiger partial charge in [0, 0.05) is 12.8 Å². The van der Waals surface area contributed by atoms with Gasteiger partial charge in [-0.15, -0.1) is 0 Å². The van der Waals surface area contributed by atoms with Crippen LogP contribution in [-0.2, 0) is 32.7 Å². The summed E-state index contributed by atoms with van der Waals surface area (Å²) in [6.45, 7) is 4.26. The number of likely N-dealkylation sites (N-methyl/N-ethyl adjacent to an activating group) is 1. The predicted molar refractivity (Wildman–Crippen MR) is 268 cm³/mol. The molecule has 0 aliphatic heterocycles. The van der Waals surface area contributed by atoms with Crippen LogP contribution in [0.5, 0.6) is 0 Å². The van der Waals surface area contributed by atoms with Crippen molar-refractivity contribution in [1.82, 2.24) is 0 Å². The highest BCUT2D eigenvalue weighted by Gasteiger charge is 2.21. The third kappa shape index (κ3) is 49.9. The standard InChI is InChI=1S/C54H104NO8P/c1-6-8-10-12-14-16-18-20-22-24-26-27-29-30-32-34-36-38-40-42-44-46-53(56)60-50-52(51-62-64(58,59)61-49-48-55(3,4)5)63-54(57)47-45-43-41-39-37-35-33-31-28-25-23-21-19-17-15-13-11-9-7-2/h20-23,52H,6-19,24-51H2,1-5H3/b22-20-,23-21-/t52-/m1/s1. The molecule has 0 heterocycles. The minimum atomic E-state index is -4.63. The fraction of sp³-hybridized carbons (Fsp3) is 0.889. The quantitative estimate of drug-likeness (QED) is 0.0195. The van der Waals surface area contributed by atoms with E-state index in [4.69, 9.17) is 18.5 Å². The molecule has 10 heteroatoms. The minimum Gasteiger partial charge on any atom is -0.756 e. The Morgan fingerprint density at radius 2 is 0.797 bits per heavy atom. The van der Waals surface area contributed by atoms with E-state index < -0.39 is 26.5 Å². The van der Waals surface area contributed by atoms with Crippen LogP contribution < -0.4 is 4.89 Å². The first-order valence-electron chi connectivity index (χ1n) is 27.0. The maximum atomic E-state index is 12.8. The highest BCUT2D eigenvalue weighted by Crippen LogP contribution is 2.38. The Morgan fingerprint density at radius 1 is 0.469 bits per heavy atom. The van der Waals surface area contributed by atoms with Crippen molar-refractivity contribution in [2.45, 2.75) is 264 Å². The minimum absolute atomic E-state index is 0.0294. The van der Waals surface area contributed by atoms with Crippen LogP contribution in [0.2, 0.25) is 0 Å². The molecule has 2 atom stereocenters. The van der Waals surface area contributed by atoms with Gasteiger partial charge in [-0.3, -0.25) is 14.2 Å². The lowest BCUT2D eigenvalue weighted by molar-refractivity contribution is -0.870. The smallest absolute Gasteiger partial charge is 0.306 e. The summed E-state index contributed by atoms with van der Waals surface area (Å²) in [6, 6.07) is 0. The Kier molecular flexibility index (Phi) is 45.5. The lowest BCUT2D eigenvalue weighted by Gasteiger charge is -2.28. The fourth-order valence-electron chi connectivity index (χ4n) is 7.71. The van der Waals surface area contributed by atoms with Gasteiger partial charge in [-0.05, 0) is 64.2 Å². The molecule has 0 fully saturated rings. The van der Waals surface area contributed by atoms with Gasteiger partial charge in [0.15, 0.2) is 6.10 Å². The third-order valence-corrected chi connectivity index (χ3v) is 12.9. The van der Waals surface area contributed by atoms with Gasteiger partial charge in [-0.2, -0.15) is 0 Å². The summed E-state index contributed by atoms with van der Waals surface area (Å²) < 4.78 is 34.1. The number of ether oxygens (including phenoxy) is 2. The Balaban J connectivity index is 4.20. The van der Waals surface area contributed by atoms with E-state index in [-0.39, 0.29) is 32.0 Å².